The van der Waals surface area contributed by atoms with Crippen LogP contribution in [0.15, 0.2) is 41.3 Å². The van der Waals surface area contributed by atoms with Gasteiger partial charge in [0.25, 0.3) is 11.1 Å². The molecule has 3 rings (SSSR count). The number of imide groups is 1. The molecule has 0 aromatic heterocycles. The first kappa shape index (κ1) is 23.7. The van der Waals surface area contributed by atoms with E-state index in [-0.39, 0.29) is 28.3 Å². The number of halogens is 1. The molecule has 1 fully saturated rings. The molecule has 1 N–H and O–H groups in total. The molecule has 0 radical (unpaired) electrons. The van der Waals surface area contributed by atoms with Gasteiger partial charge in [0.1, 0.15) is 6.61 Å². The third-order valence-corrected chi connectivity index (χ3v) is 5.72. The van der Waals surface area contributed by atoms with Gasteiger partial charge in [0, 0.05) is 6.54 Å². The van der Waals surface area contributed by atoms with Gasteiger partial charge in [0.05, 0.1) is 22.1 Å². The van der Waals surface area contributed by atoms with Gasteiger partial charge in [0.2, 0.25) is 0 Å². The predicted octanol–water partition coefficient (Wildman–Crippen LogP) is 5.46. The summed E-state index contributed by atoms with van der Waals surface area (Å²) in [7, 11) is 0. The highest BCUT2D eigenvalue weighted by Crippen LogP contribution is 2.39. The Kier molecular flexibility index (Phi) is 7.82. The van der Waals surface area contributed by atoms with Crippen molar-refractivity contribution in [1.82, 2.24) is 4.90 Å². The molecule has 0 atom stereocenters. The first-order valence-electron chi connectivity index (χ1n) is 10.0. The van der Waals surface area contributed by atoms with Gasteiger partial charge in [-0.1, -0.05) is 30.7 Å². The summed E-state index contributed by atoms with van der Waals surface area (Å²) in [5, 5.41) is 9.01. The second-order valence-electron chi connectivity index (χ2n) is 6.89. The minimum absolute atomic E-state index is 0.162. The van der Waals surface area contributed by atoms with Crippen LogP contribution >= 0.6 is 23.4 Å². The summed E-state index contributed by atoms with van der Waals surface area (Å²) in [6, 6.07) is 9.67. The van der Waals surface area contributed by atoms with Crippen LogP contribution in [-0.4, -0.2) is 40.3 Å². The van der Waals surface area contributed by atoms with E-state index in [2.05, 4.69) is 0 Å². The number of thioether (sulfide) groups is 1. The number of rotatable bonds is 9. The van der Waals surface area contributed by atoms with Crippen LogP contribution in [0.2, 0.25) is 5.02 Å². The van der Waals surface area contributed by atoms with Crippen molar-refractivity contribution in [2.45, 2.75) is 26.9 Å². The van der Waals surface area contributed by atoms with Gasteiger partial charge in [-0.3, -0.25) is 14.5 Å². The number of carboxylic acid groups (broad SMARTS) is 1. The van der Waals surface area contributed by atoms with Gasteiger partial charge in [-0.15, -0.1) is 0 Å². The fraction of sp³-hybridized carbons (Fsp3) is 0.261. The molecule has 0 aliphatic carbocycles. The summed E-state index contributed by atoms with van der Waals surface area (Å²) in [5.41, 5.74) is 1.57. The quantitative estimate of drug-likeness (QED) is 0.481. The highest BCUT2D eigenvalue weighted by molar-refractivity contribution is 8.18. The normalized spacial score (nSPS) is 14.8. The SMILES string of the molecule is CCCN1C(=O)S/C(=C/c2cc(Cl)c(OCc3ccc(C(=O)O)cc3)c(OCC)c2)C1=O. The van der Waals surface area contributed by atoms with Crippen LogP contribution in [0.5, 0.6) is 11.5 Å². The Morgan fingerprint density at radius 3 is 2.50 bits per heavy atom. The lowest BCUT2D eigenvalue weighted by atomic mass is 10.1. The summed E-state index contributed by atoms with van der Waals surface area (Å²) in [5.74, 6) is -0.573. The molecule has 0 saturated carbocycles. The third-order valence-electron chi connectivity index (χ3n) is 4.53. The van der Waals surface area contributed by atoms with Gasteiger partial charge in [0.15, 0.2) is 11.5 Å². The van der Waals surface area contributed by atoms with Crippen molar-refractivity contribution in [3.8, 4) is 11.5 Å². The Hall–Kier alpha value is -2.97. The number of carbonyl (C=O) groups excluding carboxylic acids is 2. The number of benzene rings is 2. The molecule has 2 aromatic carbocycles. The number of nitrogens with zero attached hydrogens (tertiary/aromatic N) is 1. The molecule has 1 heterocycles. The van der Waals surface area contributed by atoms with Crippen LogP contribution in [0.4, 0.5) is 4.79 Å². The number of aromatic carboxylic acids is 1. The summed E-state index contributed by atoms with van der Waals surface area (Å²) in [6.07, 6.45) is 2.31. The van der Waals surface area contributed by atoms with Crippen LogP contribution in [0.1, 0.15) is 41.8 Å². The number of carbonyl (C=O) groups is 3. The Balaban J connectivity index is 1.82. The summed E-state index contributed by atoms with van der Waals surface area (Å²) >= 11 is 7.35. The fourth-order valence-corrected chi connectivity index (χ4v) is 4.18. The van der Waals surface area contributed by atoms with E-state index in [1.54, 1.807) is 30.3 Å². The summed E-state index contributed by atoms with van der Waals surface area (Å²) in [4.78, 5) is 37.1. The van der Waals surface area contributed by atoms with Crippen molar-refractivity contribution >= 4 is 46.6 Å². The Bertz CT molecular complexity index is 1070. The van der Waals surface area contributed by atoms with E-state index in [1.165, 1.54) is 17.0 Å². The maximum absolute atomic E-state index is 12.5. The van der Waals surface area contributed by atoms with E-state index < -0.39 is 5.97 Å². The zero-order chi connectivity index (χ0) is 23.3. The minimum atomic E-state index is -0.998. The van der Waals surface area contributed by atoms with Crippen LogP contribution in [0.25, 0.3) is 6.08 Å². The van der Waals surface area contributed by atoms with Crippen LogP contribution in [0, 0.1) is 0 Å². The van der Waals surface area contributed by atoms with E-state index in [0.29, 0.717) is 41.5 Å². The maximum Gasteiger partial charge on any atom is 0.335 e. The second kappa shape index (κ2) is 10.6. The van der Waals surface area contributed by atoms with Crippen molar-refractivity contribution in [2.75, 3.05) is 13.2 Å². The zero-order valence-electron chi connectivity index (χ0n) is 17.6. The van der Waals surface area contributed by atoms with Gasteiger partial charge in [-0.25, -0.2) is 4.79 Å². The molecule has 9 heteroatoms. The zero-order valence-corrected chi connectivity index (χ0v) is 19.2. The summed E-state index contributed by atoms with van der Waals surface area (Å²) in [6.45, 7) is 4.64. The topological polar surface area (TPSA) is 93.1 Å². The van der Waals surface area contributed by atoms with Crippen molar-refractivity contribution in [3.05, 3.63) is 63.0 Å². The second-order valence-corrected chi connectivity index (χ2v) is 8.29. The first-order chi connectivity index (χ1) is 15.3. The highest BCUT2D eigenvalue weighted by Gasteiger charge is 2.34. The molecule has 1 aliphatic heterocycles. The monoisotopic (exact) mass is 475 g/mol. The van der Waals surface area contributed by atoms with Crippen molar-refractivity contribution < 1.29 is 29.0 Å². The molecular weight excluding hydrogens is 454 g/mol. The molecule has 0 unspecified atom stereocenters. The lowest BCUT2D eigenvalue weighted by Gasteiger charge is -2.15. The molecule has 32 heavy (non-hydrogen) atoms. The van der Waals surface area contributed by atoms with Gasteiger partial charge < -0.3 is 14.6 Å². The maximum atomic E-state index is 12.5. The van der Waals surface area contributed by atoms with Crippen molar-refractivity contribution in [2.24, 2.45) is 0 Å². The van der Waals surface area contributed by atoms with Gasteiger partial charge in [-0.2, -0.15) is 0 Å². The molecule has 2 aromatic rings. The summed E-state index contributed by atoms with van der Waals surface area (Å²) < 4.78 is 11.5. The molecule has 0 spiro atoms. The van der Waals surface area contributed by atoms with E-state index in [0.717, 1.165) is 17.3 Å². The molecular formula is C23H22ClNO6S. The van der Waals surface area contributed by atoms with Crippen molar-refractivity contribution in [3.63, 3.8) is 0 Å². The lowest BCUT2D eigenvalue weighted by Crippen LogP contribution is -2.28. The number of amides is 2. The Morgan fingerprint density at radius 2 is 1.88 bits per heavy atom. The molecule has 2 amide bonds. The van der Waals surface area contributed by atoms with E-state index in [9.17, 15) is 14.4 Å². The van der Waals surface area contributed by atoms with Gasteiger partial charge >= 0.3 is 5.97 Å². The first-order valence-corrected chi connectivity index (χ1v) is 11.2. The average molecular weight is 476 g/mol. The minimum Gasteiger partial charge on any atom is -0.490 e. The largest absolute Gasteiger partial charge is 0.490 e. The van der Waals surface area contributed by atoms with Gasteiger partial charge in [-0.05, 0) is 66.6 Å². The van der Waals surface area contributed by atoms with Crippen LogP contribution in [0.3, 0.4) is 0 Å². The Labute approximate surface area is 194 Å². The smallest absolute Gasteiger partial charge is 0.335 e. The van der Waals surface area contributed by atoms with Crippen molar-refractivity contribution in [1.29, 1.82) is 0 Å². The molecule has 0 bridgehead atoms. The highest BCUT2D eigenvalue weighted by atomic mass is 35.5. The molecule has 168 valence electrons. The predicted molar refractivity (Wildman–Crippen MR) is 123 cm³/mol. The average Bonchev–Trinajstić information content (AvgIpc) is 3.01. The van der Waals surface area contributed by atoms with Crippen LogP contribution in [-0.2, 0) is 11.4 Å². The van der Waals surface area contributed by atoms with E-state index in [4.69, 9.17) is 26.2 Å². The molecule has 1 aliphatic rings. The number of carboxylic acids is 1. The molecule has 1 saturated heterocycles. The molecule has 7 nitrogen and oxygen atoms in total. The number of hydrogen-bond acceptors (Lipinski definition) is 6. The van der Waals surface area contributed by atoms with E-state index >= 15 is 0 Å². The fourth-order valence-electron chi connectivity index (χ4n) is 3.04. The Morgan fingerprint density at radius 1 is 1.16 bits per heavy atom. The van der Waals surface area contributed by atoms with E-state index in [1.807, 2.05) is 13.8 Å². The lowest BCUT2D eigenvalue weighted by molar-refractivity contribution is -0.122. The standard InChI is InChI=1S/C23H22ClNO6S/c1-3-9-25-21(26)19(32-23(25)29)12-15-10-17(24)20(18(11-15)30-4-2)31-13-14-5-7-16(8-6-14)22(27)28/h5-8,10-12H,3-4,9,13H2,1-2H3,(H,27,28)/b19-12+. The number of hydrogen-bond donors (Lipinski definition) is 1. The number of ether oxygens (including phenoxy) is 2. The third kappa shape index (κ3) is 5.44. The van der Waals surface area contributed by atoms with Crippen LogP contribution < -0.4 is 9.47 Å².